The summed E-state index contributed by atoms with van der Waals surface area (Å²) in [5.74, 6) is -0.412. The van der Waals surface area contributed by atoms with Crippen molar-refractivity contribution in [2.24, 2.45) is 5.73 Å². The van der Waals surface area contributed by atoms with Crippen LogP contribution in [0.25, 0.3) is 0 Å². The lowest BCUT2D eigenvalue weighted by Gasteiger charge is -2.17. The van der Waals surface area contributed by atoms with Crippen molar-refractivity contribution in [1.29, 1.82) is 0 Å². The predicted molar refractivity (Wildman–Crippen MR) is 58.3 cm³/mol. The Bertz CT molecular complexity index is 345. The van der Waals surface area contributed by atoms with E-state index in [0.29, 0.717) is 11.5 Å². The molecule has 6 heteroatoms. The molecule has 2 rings (SSSR count). The van der Waals surface area contributed by atoms with Gasteiger partial charge in [-0.25, -0.2) is 4.98 Å². The molecule has 0 aromatic carbocycles. The molecule has 0 aliphatic carbocycles. The van der Waals surface area contributed by atoms with Crippen LogP contribution in [0.1, 0.15) is 16.1 Å². The maximum atomic E-state index is 10.9. The van der Waals surface area contributed by atoms with Crippen LogP contribution < -0.4 is 10.6 Å². The van der Waals surface area contributed by atoms with E-state index in [0.717, 1.165) is 31.2 Å². The molecule has 1 aromatic rings. The fourth-order valence-electron chi connectivity index (χ4n) is 1.46. The van der Waals surface area contributed by atoms with Gasteiger partial charge in [0.15, 0.2) is 5.13 Å². The van der Waals surface area contributed by atoms with Gasteiger partial charge in [0.05, 0.1) is 12.8 Å². The predicted octanol–water partition coefficient (Wildman–Crippen LogP) is 0.469. The fraction of sp³-hybridized carbons (Fsp3) is 0.556. The van der Waals surface area contributed by atoms with Crippen LogP contribution in [0.2, 0.25) is 0 Å². The second-order valence-electron chi connectivity index (χ2n) is 3.32. The largest absolute Gasteiger partial charge is 0.380 e. The van der Waals surface area contributed by atoms with Crippen molar-refractivity contribution in [3.8, 4) is 0 Å². The van der Waals surface area contributed by atoms with E-state index in [-0.39, 0.29) is 0 Å². The first-order valence-corrected chi connectivity index (χ1v) is 5.67. The van der Waals surface area contributed by atoms with Gasteiger partial charge in [-0.15, -0.1) is 0 Å². The Kier molecular flexibility index (Phi) is 3.17. The SMILES string of the molecule is NC(=O)c1cnc(N2CCCOCC2)s1. The summed E-state index contributed by atoms with van der Waals surface area (Å²) in [6, 6.07) is 0. The van der Waals surface area contributed by atoms with Crippen LogP contribution in [0.3, 0.4) is 0 Å². The minimum atomic E-state index is -0.412. The lowest BCUT2D eigenvalue weighted by Crippen LogP contribution is -2.25. The number of amides is 1. The highest BCUT2D eigenvalue weighted by molar-refractivity contribution is 7.17. The Balaban J connectivity index is 2.10. The van der Waals surface area contributed by atoms with Crippen molar-refractivity contribution in [3.63, 3.8) is 0 Å². The van der Waals surface area contributed by atoms with E-state index in [1.165, 1.54) is 17.5 Å². The summed E-state index contributed by atoms with van der Waals surface area (Å²) in [5, 5.41) is 0.856. The number of primary amides is 1. The van der Waals surface area contributed by atoms with Crippen molar-refractivity contribution in [2.75, 3.05) is 31.2 Å². The summed E-state index contributed by atoms with van der Waals surface area (Å²) in [4.78, 5) is 17.7. The van der Waals surface area contributed by atoms with Crippen LogP contribution in [-0.2, 0) is 4.74 Å². The van der Waals surface area contributed by atoms with Gasteiger partial charge in [-0.3, -0.25) is 4.79 Å². The van der Waals surface area contributed by atoms with Gasteiger partial charge in [0.1, 0.15) is 4.88 Å². The number of carbonyl (C=O) groups excluding carboxylic acids is 1. The molecule has 2 heterocycles. The van der Waals surface area contributed by atoms with Crippen molar-refractivity contribution >= 4 is 22.4 Å². The third-order valence-corrected chi connectivity index (χ3v) is 3.30. The number of rotatable bonds is 2. The van der Waals surface area contributed by atoms with Crippen LogP contribution in [-0.4, -0.2) is 37.2 Å². The van der Waals surface area contributed by atoms with E-state index in [4.69, 9.17) is 10.5 Å². The zero-order valence-electron chi connectivity index (χ0n) is 8.31. The van der Waals surface area contributed by atoms with Crippen LogP contribution in [0.5, 0.6) is 0 Å². The first-order chi connectivity index (χ1) is 7.27. The Labute approximate surface area is 91.9 Å². The van der Waals surface area contributed by atoms with Gasteiger partial charge in [0, 0.05) is 19.7 Å². The van der Waals surface area contributed by atoms with Crippen LogP contribution in [0.4, 0.5) is 5.13 Å². The van der Waals surface area contributed by atoms with E-state index < -0.39 is 5.91 Å². The van der Waals surface area contributed by atoms with E-state index in [1.54, 1.807) is 0 Å². The molecule has 0 radical (unpaired) electrons. The van der Waals surface area contributed by atoms with Crippen molar-refractivity contribution in [1.82, 2.24) is 4.98 Å². The molecule has 0 unspecified atom stereocenters. The third-order valence-electron chi connectivity index (χ3n) is 2.23. The molecule has 1 aliphatic rings. The van der Waals surface area contributed by atoms with Gasteiger partial charge in [-0.1, -0.05) is 11.3 Å². The van der Waals surface area contributed by atoms with Gasteiger partial charge < -0.3 is 15.4 Å². The number of nitrogens with two attached hydrogens (primary N) is 1. The molecule has 0 bridgehead atoms. The second kappa shape index (κ2) is 4.59. The highest BCUT2D eigenvalue weighted by atomic mass is 32.1. The van der Waals surface area contributed by atoms with Crippen molar-refractivity contribution < 1.29 is 9.53 Å². The Morgan fingerprint density at radius 1 is 1.53 bits per heavy atom. The molecule has 0 spiro atoms. The molecule has 15 heavy (non-hydrogen) atoms. The lowest BCUT2D eigenvalue weighted by molar-refractivity contribution is 0.100. The van der Waals surface area contributed by atoms with Gasteiger partial charge >= 0.3 is 0 Å². The minimum absolute atomic E-state index is 0.412. The van der Waals surface area contributed by atoms with E-state index in [9.17, 15) is 4.79 Å². The summed E-state index contributed by atoms with van der Waals surface area (Å²) in [6.07, 6.45) is 2.53. The Hall–Kier alpha value is -1.14. The minimum Gasteiger partial charge on any atom is -0.380 e. The van der Waals surface area contributed by atoms with E-state index in [1.807, 2.05) is 0 Å². The molecule has 1 saturated heterocycles. The molecule has 1 aliphatic heterocycles. The maximum Gasteiger partial charge on any atom is 0.260 e. The molecule has 1 fully saturated rings. The first kappa shape index (κ1) is 10.4. The molecule has 2 N–H and O–H groups in total. The molecule has 0 saturated carbocycles. The summed E-state index contributed by atoms with van der Waals surface area (Å²) >= 11 is 1.34. The number of nitrogens with zero attached hydrogens (tertiary/aromatic N) is 2. The normalized spacial score (nSPS) is 17.5. The summed E-state index contributed by atoms with van der Waals surface area (Å²) in [7, 11) is 0. The van der Waals surface area contributed by atoms with E-state index in [2.05, 4.69) is 9.88 Å². The monoisotopic (exact) mass is 227 g/mol. The number of hydrogen-bond donors (Lipinski definition) is 1. The van der Waals surface area contributed by atoms with Crippen molar-refractivity contribution in [3.05, 3.63) is 11.1 Å². The standard InChI is InChI=1S/C9H13N3O2S/c10-8(13)7-6-11-9(15-7)12-2-1-4-14-5-3-12/h6H,1-5H2,(H2,10,13). The zero-order valence-corrected chi connectivity index (χ0v) is 9.13. The zero-order chi connectivity index (χ0) is 10.7. The number of hydrogen-bond acceptors (Lipinski definition) is 5. The molecular formula is C9H13N3O2S. The summed E-state index contributed by atoms with van der Waals surface area (Å²) in [6.45, 7) is 3.26. The average molecular weight is 227 g/mol. The van der Waals surface area contributed by atoms with E-state index >= 15 is 0 Å². The van der Waals surface area contributed by atoms with Gasteiger partial charge in [-0.05, 0) is 6.42 Å². The molecule has 0 atom stereocenters. The second-order valence-corrected chi connectivity index (χ2v) is 4.33. The average Bonchev–Trinajstić information content (AvgIpc) is 2.55. The Morgan fingerprint density at radius 3 is 3.13 bits per heavy atom. The molecule has 1 aromatic heterocycles. The summed E-state index contributed by atoms with van der Waals surface area (Å²) in [5.41, 5.74) is 5.18. The number of anilines is 1. The lowest BCUT2D eigenvalue weighted by atomic mass is 10.4. The van der Waals surface area contributed by atoms with Crippen molar-refractivity contribution in [2.45, 2.75) is 6.42 Å². The van der Waals surface area contributed by atoms with Crippen LogP contribution in [0, 0.1) is 0 Å². The van der Waals surface area contributed by atoms with Gasteiger partial charge in [-0.2, -0.15) is 0 Å². The number of ether oxygens (including phenoxy) is 1. The molecule has 5 nitrogen and oxygen atoms in total. The molecule has 1 amide bonds. The van der Waals surface area contributed by atoms with Gasteiger partial charge in [0.2, 0.25) is 0 Å². The number of aromatic nitrogens is 1. The first-order valence-electron chi connectivity index (χ1n) is 4.85. The maximum absolute atomic E-state index is 10.9. The van der Waals surface area contributed by atoms with Gasteiger partial charge in [0.25, 0.3) is 5.91 Å². The quantitative estimate of drug-likeness (QED) is 0.797. The fourth-order valence-corrected chi connectivity index (χ4v) is 2.28. The highest BCUT2D eigenvalue weighted by Gasteiger charge is 2.14. The number of thiazole rings is 1. The Morgan fingerprint density at radius 2 is 2.40 bits per heavy atom. The van der Waals surface area contributed by atoms with Crippen LogP contribution in [0.15, 0.2) is 6.20 Å². The smallest absolute Gasteiger partial charge is 0.260 e. The highest BCUT2D eigenvalue weighted by Crippen LogP contribution is 2.22. The third kappa shape index (κ3) is 2.45. The molecule has 82 valence electrons. The number of carbonyl (C=O) groups is 1. The van der Waals surface area contributed by atoms with Crippen LogP contribution >= 0.6 is 11.3 Å². The summed E-state index contributed by atoms with van der Waals surface area (Å²) < 4.78 is 5.34. The molecular weight excluding hydrogens is 214 g/mol. The topological polar surface area (TPSA) is 68.5 Å².